The number of H-pyrrole nitrogens is 2. The molecule has 0 radical (unpaired) electrons. The number of amidine groups is 2. The topological polar surface area (TPSA) is 93.2 Å². The van der Waals surface area contributed by atoms with Crippen molar-refractivity contribution in [2.75, 3.05) is 26.2 Å². The molecule has 7 heteroatoms. The molecule has 7 rings (SSSR count). The number of aliphatic imine (C=N–C) groups is 2. The van der Waals surface area contributed by atoms with E-state index in [2.05, 4.69) is 91.3 Å². The minimum absolute atomic E-state index is 0.886. The maximum atomic E-state index is 4.78. The van der Waals surface area contributed by atoms with E-state index in [-0.39, 0.29) is 0 Å². The van der Waals surface area contributed by atoms with E-state index in [1.165, 1.54) is 10.8 Å². The van der Waals surface area contributed by atoms with Gasteiger partial charge in [0.05, 0.1) is 11.4 Å². The second-order valence-electron chi connectivity index (χ2n) is 9.42. The second kappa shape index (κ2) is 8.68. The molecule has 0 amide bonds. The lowest BCUT2D eigenvalue weighted by Gasteiger charge is -2.14. The molecule has 7 nitrogen and oxygen atoms in total. The Kier molecular flexibility index (Phi) is 5.05. The van der Waals surface area contributed by atoms with Gasteiger partial charge < -0.3 is 20.6 Å². The molecule has 0 saturated carbocycles. The summed E-state index contributed by atoms with van der Waals surface area (Å²) in [7, 11) is 0. The Morgan fingerprint density at radius 2 is 1.17 bits per heavy atom. The first-order chi connectivity index (χ1) is 17.8. The van der Waals surface area contributed by atoms with E-state index < -0.39 is 0 Å². The second-order valence-corrected chi connectivity index (χ2v) is 9.42. The summed E-state index contributed by atoms with van der Waals surface area (Å²) in [6.07, 6.45) is 4.12. The lowest BCUT2D eigenvalue weighted by Crippen LogP contribution is -2.30. The van der Waals surface area contributed by atoms with Gasteiger partial charge in [0.1, 0.15) is 11.7 Å². The third-order valence-corrected chi connectivity index (χ3v) is 6.94. The summed E-state index contributed by atoms with van der Waals surface area (Å²) < 4.78 is 0. The molecule has 0 aliphatic carbocycles. The van der Waals surface area contributed by atoms with Crippen LogP contribution in [0.4, 0.5) is 0 Å². The Morgan fingerprint density at radius 3 is 1.72 bits per heavy atom. The number of aromatic nitrogens is 3. The van der Waals surface area contributed by atoms with E-state index in [0.29, 0.717) is 0 Å². The molecule has 36 heavy (non-hydrogen) atoms. The largest absolute Gasteiger partial charge is 0.370 e. The zero-order chi connectivity index (χ0) is 23.9. The molecule has 0 bridgehead atoms. The summed E-state index contributed by atoms with van der Waals surface area (Å²) in [5, 5.41) is 9.15. The molecule has 5 heterocycles. The van der Waals surface area contributed by atoms with E-state index in [4.69, 9.17) is 4.98 Å². The predicted molar refractivity (Wildman–Crippen MR) is 147 cm³/mol. The van der Waals surface area contributed by atoms with Crippen molar-refractivity contribution < 1.29 is 0 Å². The van der Waals surface area contributed by atoms with E-state index in [0.717, 1.165) is 95.5 Å². The van der Waals surface area contributed by atoms with Crippen LogP contribution in [0.3, 0.4) is 0 Å². The van der Waals surface area contributed by atoms with Crippen LogP contribution in [0.15, 0.2) is 76.8 Å². The number of hydrogen-bond acceptors (Lipinski definition) is 5. The molecule has 4 N–H and O–H groups in total. The number of benzene rings is 2. The quantitative estimate of drug-likeness (QED) is 0.300. The molecule has 0 atom stereocenters. The highest BCUT2D eigenvalue weighted by atomic mass is 15.0. The summed E-state index contributed by atoms with van der Waals surface area (Å²) >= 11 is 0. The zero-order valence-electron chi connectivity index (χ0n) is 19.9. The van der Waals surface area contributed by atoms with Crippen molar-refractivity contribution in [2.45, 2.75) is 12.8 Å². The van der Waals surface area contributed by atoms with E-state index in [1.807, 2.05) is 6.20 Å². The van der Waals surface area contributed by atoms with Crippen molar-refractivity contribution in [1.82, 2.24) is 25.6 Å². The molecule has 2 aliphatic heterocycles. The highest BCUT2D eigenvalue weighted by Gasteiger charge is 2.12. The standard InChI is InChI=1S/C29H27N7/c1-9-30-28(31-10-1)20-5-3-18-13-26(35-24(18)15-20)22-7-8-23(34-17-22)27-14-19-4-6-21(16-25(19)36-27)29-32-11-2-12-33-29/h3-8,13-17,35-36H,1-2,9-12H2,(H,30,31)(H,32,33). The van der Waals surface area contributed by atoms with Crippen LogP contribution in [-0.4, -0.2) is 52.8 Å². The summed E-state index contributed by atoms with van der Waals surface area (Å²) in [6, 6.07) is 21.4. The molecule has 0 unspecified atom stereocenters. The Labute approximate surface area is 208 Å². The highest BCUT2D eigenvalue weighted by Crippen LogP contribution is 2.28. The Hall–Kier alpha value is -4.39. The van der Waals surface area contributed by atoms with Crippen LogP contribution in [0.5, 0.6) is 0 Å². The molecule has 178 valence electrons. The predicted octanol–water partition coefficient (Wildman–Crippen LogP) is 4.86. The molecule has 2 aromatic carbocycles. The molecule has 0 fully saturated rings. The summed E-state index contributed by atoms with van der Waals surface area (Å²) in [6.45, 7) is 3.73. The van der Waals surface area contributed by atoms with Gasteiger partial charge in [0.15, 0.2) is 0 Å². The van der Waals surface area contributed by atoms with Crippen LogP contribution in [0, 0.1) is 0 Å². The molecule has 5 aromatic rings. The molecule has 2 aliphatic rings. The third kappa shape index (κ3) is 3.82. The monoisotopic (exact) mass is 473 g/mol. The molecule has 0 spiro atoms. The maximum Gasteiger partial charge on any atom is 0.128 e. The first kappa shape index (κ1) is 20.9. The van der Waals surface area contributed by atoms with E-state index >= 15 is 0 Å². The Morgan fingerprint density at radius 1 is 0.583 bits per heavy atom. The number of hydrogen-bond donors (Lipinski definition) is 4. The average molecular weight is 474 g/mol. The van der Waals surface area contributed by atoms with Crippen molar-refractivity contribution in [1.29, 1.82) is 0 Å². The van der Waals surface area contributed by atoms with Crippen LogP contribution in [0.25, 0.3) is 44.5 Å². The van der Waals surface area contributed by atoms with Crippen LogP contribution >= 0.6 is 0 Å². The van der Waals surface area contributed by atoms with Crippen molar-refractivity contribution in [3.05, 3.63) is 78.0 Å². The summed E-state index contributed by atoms with van der Waals surface area (Å²) in [5.41, 5.74) is 8.48. The Balaban J connectivity index is 1.16. The van der Waals surface area contributed by atoms with Gasteiger partial charge in [-0.15, -0.1) is 0 Å². The zero-order valence-corrected chi connectivity index (χ0v) is 19.9. The van der Waals surface area contributed by atoms with Gasteiger partial charge in [-0.1, -0.05) is 24.3 Å². The van der Waals surface area contributed by atoms with Crippen molar-refractivity contribution in [3.8, 4) is 22.6 Å². The molecular weight excluding hydrogens is 446 g/mol. The van der Waals surface area contributed by atoms with Crippen LogP contribution in [0.2, 0.25) is 0 Å². The fourth-order valence-electron chi connectivity index (χ4n) is 5.01. The van der Waals surface area contributed by atoms with E-state index in [9.17, 15) is 0 Å². The number of nitrogens with one attached hydrogen (secondary N) is 4. The van der Waals surface area contributed by atoms with Gasteiger partial charge in [-0.2, -0.15) is 0 Å². The van der Waals surface area contributed by atoms with Crippen molar-refractivity contribution in [2.24, 2.45) is 9.98 Å². The SMILES string of the molecule is c1cc2cc(-c3ccc(-c4cc5ccc(C6=NCCCN6)cc5[nH]4)nc3)[nH]c2cc1C1=NCCCN1. The number of nitrogens with zero attached hydrogens (tertiary/aromatic N) is 3. The van der Waals surface area contributed by atoms with E-state index in [1.54, 1.807) is 0 Å². The molecule has 3 aromatic heterocycles. The third-order valence-electron chi connectivity index (χ3n) is 6.94. The highest BCUT2D eigenvalue weighted by molar-refractivity contribution is 6.03. The number of fused-ring (bicyclic) bond motifs is 2. The minimum atomic E-state index is 0.886. The Bertz CT molecular complexity index is 1510. The average Bonchev–Trinajstić information content (AvgIpc) is 3.58. The van der Waals surface area contributed by atoms with Gasteiger partial charge in [-0.05, 0) is 49.2 Å². The number of aromatic amines is 2. The first-order valence-corrected chi connectivity index (χ1v) is 12.6. The first-order valence-electron chi connectivity index (χ1n) is 12.6. The number of rotatable bonds is 4. The minimum Gasteiger partial charge on any atom is -0.370 e. The molecular formula is C29H27N7. The fraction of sp³-hybridized carbons (Fsp3) is 0.207. The lowest BCUT2D eigenvalue weighted by molar-refractivity contribution is 0.742. The smallest absolute Gasteiger partial charge is 0.128 e. The molecule has 0 saturated heterocycles. The van der Waals surface area contributed by atoms with Crippen molar-refractivity contribution >= 4 is 33.5 Å². The number of pyridine rings is 1. The van der Waals surface area contributed by atoms with Crippen LogP contribution in [0.1, 0.15) is 24.0 Å². The van der Waals surface area contributed by atoms with Crippen LogP contribution < -0.4 is 10.6 Å². The van der Waals surface area contributed by atoms with Gasteiger partial charge in [-0.25, -0.2) is 0 Å². The van der Waals surface area contributed by atoms with Gasteiger partial charge in [0.25, 0.3) is 0 Å². The van der Waals surface area contributed by atoms with Crippen molar-refractivity contribution in [3.63, 3.8) is 0 Å². The summed E-state index contributed by atoms with van der Waals surface area (Å²) in [5.74, 6) is 1.97. The van der Waals surface area contributed by atoms with Gasteiger partial charge in [-0.3, -0.25) is 15.0 Å². The fourth-order valence-corrected chi connectivity index (χ4v) is 5.01. The normalized spacial score (nSPS) is 15.9. The van der Waals surface area contributed by atoms with Gasteiger partial charge in [0, 0.05) is 76.6 Å². The van der Waals surface area contributed by atoms with Crippen LogP contribution in [-0.2, 0) is 0 Å². The lowest BCUT2D eigenvalue weighted by atomic mass is 10.1. The van der Waals surface area contributed by atoms with Gasteiger partial charge in [0.2, 0.25) is 0 Å². The van der Waals surface area contributed by atoms with Gasteiger partial charge >= 0.3 is 0 Å². The maximum absolute atomic E-state index is 4.78. The summed E-state index contributed by atoms with van der Waals surface area (Å²) in [4.78, 5) is 21.1.